The lowest BCUT2D eigenvalue weighted by Crippen LogP contribution is -2.34. The maximum absolute atomic E-state index is 11.4. The van der Waals surface area contributed by atoms with Crippen LogP contribution in [0.2, 0.25) is 0 Å². The molecule has 1 N–H and O–H groups in total. The van der Waals surface area contributed by atoms with E-state index in [4.69, 9.17) is 0 Å². The van der Waals surface area contributed by atoms with Crippen LogP contribution in [0, 0.1) is 0 Å². The molecule has 0 atom stereocenters. The zero-order valence-electron chi connectivity index (χ0n) is 14.9. The SMILES string of the molecule is CC(=O)Nc1cccc2c1CCN(c1cc(N3CCSCC3)ncn1)C2. The van der Waals surface area contributed by atoms with Crippen LogP contribution in [0.1, 0.15) is 18.1 Å². The molecule has 1 fully saturated rings. The fourth-order valence-corrected chi connectivity index (χ4v) is 4.49. The summed E-state index contributed by atoms with van der Waals surface area (Å²) in [5.41, 5.74) is 3.42. The van der Waals surface area contributed by atoms with Gasteiger partial charge in [0.1, 0.15) is 18.0 Å². The van der Waals surface area contributed by atoms with Crippen LogP contribution in [0.5, 0.6) is 0 Å². The molecule has 4 rings (SSSR count). The number of thioether (sulfide) groups is 1. The van der Waals surface area contributed by atoms with E-state index < -0.39 is 0 Å². The van der Waals surface area contributed by atoms with Gasteiger partial charge in [-0.2, -0.15) is 11.8 Å². The second kappa shape index (κ2) is 7.53. The number of rotatable bonds is 3. The summed E-state index contributed by atoms with van der Waals surface area (Å²) in [6, 6.07) is 8.23. The first-order valence-electron chi connectivity index (χ1n) is 8.99. The lowest BCUT2D eigenvalue weighted by Gasteiger charge is -2.32. The predicted molar refractivity (Wildman–Crippen MR) is 107 cm³/mol. The minimum absolute atomic E-state index is 0.0269. The molecule has 1 aromatic carbocycles. The Kier molecular flexibility index (Phi) is 4.97. The van der Waals surface area contributed by atoms with Crippen LogP contribution in [0.4, 0.5) is 17.3 Å². The molecule has 3 heterocycles. The maximum Gasteiger partial charge on any atom is 0.221 e. The molecule has 0 bridgehead atoms. The fourth-order valence-electron chi connectivity index (χ4n) is 3.59. The molecule has 2 aromatic rings. The van der Waals surface area contributed by atoms with Crippen molar-refractivity contribution in [3.05, 3.63) is 41.7 Å². The van der Waals surface area contributed by atoms with Crippen molar-refractivity contribution in [3.8, 4) is 0 Å². The minimum atomic E-state index is -0.0269. The first kappa shape index (κ1) is 17.1. The van der Waals surface area contributed by atoms with E-state index in [1.807, 2.05) is 23.9 Å². The van der Waals surface area contributed by atoms with E-state index in [1.165, 1.54) is 11.1 Å². The van der Waals surface area contributed by atoms with E-state index in [-0.39, 0.29) is 5.91 Å². The van der Waals surface area contributed by atoms with Crippen molar-refractivity contribution in [2.75, 3.05) is 46.3 Å². The topological polar surface area (TPSA) is 61.4 Å². The van der Waals surface area contributed by atoms with Gasteiger partial charge in [-0.3, -0.25) is 4.79 Å². The van der Waals surface area contributed by atoms with Crippen LogP contribution in [-0.2, 0) is 17.8 Å². The van der Waals surface area contributed by atoms with E-state index in [2.05, 4.69) is 37.2 Å². The third kappa shape index (κ3) is 3.62. The molecular weight excluding hydrogens is 346 g/mol. The number of carbonyl (C=O) groups is 1. The van der Waals surface area contributed by atoms with E-state index in [9.17, 15) is 4.79 Å². The quantitative estimate of drug-likeness (QED) is 0.897. The van der Waals surface area contributed by atoms with Gasteiger partial charge in [0, 0.05) is 56.4 Å². The number of hydrogen-bond donors (Lipinski definition) is 1. The van der Waals surface area contributed by atoms with Crippen LogP contribution < -0.4 is 15.1 Å². The smallest absolute Gasteiger partial charge is 0.221 e. The number of anilines is 3. The Balaban J connectivity index is 1.55. The zero-order chi connectivity index (χ0) is 17.9. The lowest BCUT2D eigenvalue weighted by molar-refractivity contribution is -0.114. The largest absolute Gasteiger partial charge is 0.355 e. The average molecular weight is 369 g/mol. The number of fused-ring (bicyclic) bond motifs is 1. The summed E-state index contributed by atoms with van der Waals surface area (Å²) in [5, 5.41) is 2.95. The van der Waals surface area contributed by atoms with Crippen molar-refractivity contribution in [2.24, 2.45) is 0 Å². The molecule has 0 spiro atoms. The van der Waals surface area contributed by atoms with Crippen molar-refractivity contribution in [1.82, 2.24) is 9.97 Å². The van der Waals surface area contributed by atoms with Gasteiger partial charge in [-0.1, -0.05) is 12.1 Å². The molecule has 7 heteroatoms. The number of nitrogens with zero attached hydrogens (tertiary/aromatic N) is 4. The van der Waals surface area contributed by atoms with Gasteiger partial charge in [-0.05, 0) is 23.6 Å². The third-order valence-corrected chi connectivity index (χ3v) is 5.82. The van der Waals surface area contributed by atoms with Gasteiger partial charge in [0.05, 0.1) is 0 Å². The Hall–Kier alpha value is -2.28. The summed E-state index contributed by atoms with van der Waals surface area (Å²) >= 11 is 2.00. The van der Waals surface area contributed by atoms with Crippen molar-refractivity contribution in [1.29, 1.82) is 0 Å². The summed E-state index contributed by atoms with van der Waals surface area (Å²) in [5.74, 6) is 4.28. The van der Waals surface area contributed by atoms with Crippen LogP contribution in [0.15, 0.2) is 30.6 Å². The van der Waals surface area contributed by atoms with Gasteiger partial charge in [0.25, 0.3) is 0 Å². The van der Waals surface area contributed by atoms with Gasteiger partial charge in [0.2, 0.25) is 5.91 Å². The molecule has 6 nitrogen and oxygen atoms in total. The summed E-state index contributed by atoms with van der Waals surface area (Å²) in [7, 11) is 0. The Morgan fingerprint density at radius 2 is 1.88 bits per heavy atom. The summed E-state index contributed by atoms with van der Waals surface area (Å²) in [6.07, 6.45) is 2.57. The molecule has 136 valence electrons. The van der Waals surface area contributed by atoms with Crippen molar-refractivity contribution in [2.45, 2.75) is 19.9 Å². The van der Waals surface area contributed by atoms with Crippen molar-refractivity contribution in [3.63, 3.8) is 0 Å². The monoisotopic (exact) mass is 369 g/mol. The van der Waals surface area contributed by atoms with Gasteiger partial charge >= 0.3 is 0 Å². The Bertz CT molecular complexity index is 806. The van der Waals surface area contributed by atoms with E-state index in [0.717, 1.165) is 61.4 Å². The second-order valence-electron chi connectivity index (χ2n) is 6.63. The molecule has 1 aromatic heterocycles. The number of nitrogens with one attached hydrogen (secondary N) is 1. The number of amides is 1. The molecule has 0 saturated carbocycles. The van der Waals surface area contributed by atoms with E-state index >= 15 is 0 Å². The van der Waals surface area contributed by atoms with Gasteiger partial charge in [-0.15, -0.1) is 0 Å². The number of aromatic nitrogens is 2. The second-order valence-corrected chi connectivity index (χ2v) is 7.85. The highest BCUT2D eigenvalue weighted by molar-refractivity contribution is 7.99. The standard InChI is InChI=1S/C19H23N5OS/c1-14(25)22-17-4-2-3-15-12-24(6-5-16(15)17)19-11-18(20-13-21-19)23-7-9-26-10-8-23/h2-4,11,13H,5-10,12H2,1H3,(H,22,25). The molecule has 0 unspecified atom stereocenters. The first-order valence-corrected chi connectivity index (χ1v) is 10.1. The molecule has 2 aliphatic rings. The maximum atomic E-state index is 11.4. The fraction of sp³-hybridized carbons (Fsp3) is 0.421. The number of hydrogen-bond acceptors (Lipinski definition) is 6. The highest BCUT2D eigenvalue weighted by Crippen LogP contribution is 2.29. The Morgan fingerprint density at radius 1 is 1.12 bits per heavy atom. The Morgan fingerprint density at radius 3 is 2.65 bits per heavy atom. The highest BCUT2D eigenvalue weighted by Gasteiger charge is 2.21. The molecule has 2 aliphatic heterocycles. The number of carbonyl (C=O) groups excluding carboxylic acids is 1. The van der Waals surface area contributed by atoms with Crippen molar-refractivity contribution >= 4 is 35.0 Å². The van der Waals surface area contributed by atoms with Gasteiger partial charge in [-0.25, -0.2) is 9.97 Å². The van der Waals surface area contributed by atoms with Gasteiger partial charge < -0.3 is 15.1 Å². The van der Waals surface area contributed by atoms with Crippen LogP contribution in [-0.4, -0.2) is 47.0 Å². The minimum Gasteiger partial charge on any atom is -0.355 e. The summed E-state index contributed by atoms with van der Waals surface area (Å²) in [6.45, 7) is 5.33. The van der Waals surface area contributed by atoms with E-state index in [0.29, 0.717) is 0 Å². The molecule has 0 aliphatic carbocycles. The lowest BCUT2D eigenvalue weighted by atomic mass is 9.97. The van der Waals surface area contributed by atoms with E-state index in [1.54, 1.807) is 13.3 Å². The highest BCUT2D eigenvalue weighted by atomic mass is 32.2. The average Bonchev–Trinajstić information content (AvgIpc) is 2.68. The Labute approximate surface area is 158 Å². The van der Waals surface area contributed by atoms with Crippen LogP contribution in [0.3, 0.4) is 0 Å². The van der Waals surface area contributed by atoms with Crippen molar-refractivity contribution < 1.29 is 4.79 Å². The zero-order valence-corrected chi connectivity index (χ0v) is 15.8. The number of benzene rings is 1. The normalized spacial score (nSPS) is 17.0. The molecular formula is C19H23N5OS. The summed E-state index contributed by atoms with van der Waals surface area (Å²) in [4.78, 5) is 25.1. The molecule has 1 saturated heterocycles. The third-order valence-electron chi connectivity index (χ3n) is 4.87. The van der Waals surface area contributed by atoms with Gasteiger partial charge in [0.15, 0.2) is 0 Å². The predicted octanol–water partition coefficient (Wildman–Crippen LogP) is 2.55. The first-order chi connectivity index (χ1) is 12.7. The van der Waals surface area contributed by atoms with Crippen LogP contribution >= 0.6 is 11.8 Å². The molecule has 1 amide bonds. The molecule has 26 heavy (non-hydrogen) atoms. The molecule has 0 radical (unpaired) electrons. The van der Waals surface area contributed by atoms with Crippen LogP contribution in [0.25, 0.3) is 0 Å². The summed E-state index contributed by atoms with van der Waals surface area (Å²) < 4.78 is 0.